The molecule has 0 aromatic heterocycles. The van der Waals surface area contributed by atoms with E-state index in [0.29, 0.717) is 19.3 Å². The van der Waals surface area contributed by atoms with Gasteiger partial charge in [-0.15, -0.1) is 0 Å². The van der Waals surface area contributed by atoms with Gasteiger partial charge in [-0.25, -0.2) is 0 Å². The molecule has 0 amide bonds. The van der Waals surface area contributed by atoms with Gasteiger partial charge in [-0.1, -0.05) is 44.9 Å². The number of rotatable bonds is 0. The number of ketones is 2. The summed E-state index contributed by atoms with van der Waals surface area (Å²) in [5.74, 6) is 0.380. The maximum atomic E-state index is 13.3. The Hall–Kier alpha value is -1.64. The molecule has 0 unspecified atom stereocenters. The van der Waals surface area contributed by atoms with Crippen LogP contribution in [0.2, 0.25) is 0 Å². The predicted octanol–water partition coefficient (Wildman–Crippen LogP) is 3.94. The molecule has 1 saturated heterocycles. The van der Waals surface area contributed by atoms with Crippen molar-refractivity contribution in [2.75, 3.05) is 11.4 Å². The first-order valence-corrected chi connectivity index (χ1v) is 9.35. The van der Waals surface area contributed by atoms with Crippen LogP contribution < -0.4 is 4.90 Å². The van der Waals surface area contributed by atoms with Crippen LogP contribution in [0.25, 0.3) is 0 Å². The van der Waals surface area contributed by atoms with Crippen molar-refractivity contribution in [2.24, 2.45) is 10.8 Å². The standard InChI is InChI=1S/C21H27NO2/c1-20(2)13-18(23)21(19(24)14-20)12-15-8-5-6-9-16(15)22-11-7-3-4-10-17(21)22/h5-6,8-9,17H,3-4,7,10-14H2,1-2H3/t17-/m1/s1. The minimum atomic E-state index is -0.797. The Labute approximate surface area is 144 Å². The van der Waals surface area contributed by atoms with Crippen LogP contribution in [-0.4, -0.2) is 24.2 Å². The molecule has 1 atom stereocenters. The van der Waals surface area contributed by atoms with Gasteiger partial charge in [-0.2, -0.15) is 0 Å². The smallest absolute Gasteiger partial charge is 0.149 e. The Kier molecular flexibility index (Phi) is 3.59. The Morgan fingerprint density at radius 2 is 1.67 bits per heavy atom. The van der Waals surface area contributed by atoms with Gasteiger partial charge < -0.3 is 4.90 Å². The Bertz CT molecular complexity index is 671. The van der Waals surface area contributed by atoms with E-state index in [4.69, 9.17) is 0 Å². The second-order valence-corrected chi connectivity index (χ2v) is 8.70. The van der Waals surface area contributed by atoms with Crippen molar-refractivity contribution in [1.82, 2.24) is 0 Å². The van der Waals surface area contributed by atoms with Crippen LogP contribution in [0.4, 0.5) is 5.69 Å². The molecule has 0 bridgehead atoms. The lowest BCUT2D eigenvalue weighted by Gasteiger charge is -2.52. The zero-order valence-electron chi connectivity index (χ0n) is 14.8. The second kappa shape index (κ2) is 5.44. The minimum Gasteiger partial charge on any atom is -0.367 e. The van der Waals surface area contributed by atoms with Crippen molar-refractivity contribution >= 4 is 17.3 Å². The van der Waals surface area contributed by atoms with E-state index in [2.05, 4.69) is 36.9 Å². The number of benzene rings is 1. The molecule has 1 aromatic rings. The second-order valence-electron chi connectivity index (χ2n) is 8.70. The lowest BCUT2D eigenvalue weighted by molar-refractivity contribution is -0.150. The molecule has 3 heteroatoms. The summed E-state index contributed by atoms with van der Waals surface area (Å²) in [6, 6.07) is 8.45. The van der Waals surface area contributed by atoms with Crippen molar-refractivity contribution in [3.63, 3.8) is 0 Å². The summed E-state index contributed by atoms with van der Waals surface area (Å²) in [6.07, 6.45) is 6.10. The molecule has 0 radical (unpaired) electrons. The van der Waals surface area contributed by atoms with E-state index in [-0.39, 0.29) is 23.0 Å². The molecule has 1 spiro atoms. The van der Waals surface area contributed by atoms with Crippen LogP contribution in [-0.2, 0) is 16.0 Å². The number of hydrogen-bond acceptors (Lipinski definition) is 3. The largest absolute Gasteiger partial charge is 0.367 e. The summed E-state index contributed by atoms with van der Waals surface area (Å²) < 4.78 is 0. The van der Waals surface area contributed by atoms with Crippen LogP contribution in [0, 0.1) is 10.8 Å². The fourth-order valence-electron chi connectivity index (χ4n) is 5.24. The van der Waals surface area contributed by atoms with Crippen LogP contribution in [0.3, 0.4) is 0 Å². The van der Waals surface area contributed by atoms with Crippen molar-refractivity contribution in [3.8, 4) is 0 Å². The van der Waals surface area contributed by atoms with E-state index in [1.807, 2.05) is 6.07 Å². The van der Waals surface area contributed by atoms with Gasteiger partial charge in [0.05, 0.1) is 0 Å². The van der Waals surface area contributed by atoms with E-state index in [0.717, 1.165) is 25.8 Å². The van der Waals surface area contributed by atoms with E-state index in [1.54, 1.807) is 0 Å². The topological polar surface area (TPSA) is 37.4 Å². The van der Waals surface area contributed by atoms with Gasteiger partial charge in [-0.05, 0) is 36.3 Å². The maximum absolute atomic E-state index is 13.3. The summed E-state index contributed by atoms with van der Waals surface area (Å²) in [5.41, 5.74) is 1.44. The number of Topliss-reactive ketones (excluding diaryl/α,β-unsaturated/α-hetero) is 2. The number of hydrogen-bond donors (Lipinski definition) is 0. The van der Waals surface area contributed by atoms with Crippen molar-refractivity contribution in [2.45, 2.75) is 64.8 Å². The van der Waals surface area contributed by atoms with Crippen LogP contribution in [0.15, 0.2) is 24.3 Å². The summed E-state index contributed by atoms with van der Waals surface area (Å²) in [4.78, 5) is 29.1. The minimum absolute atomic E-state index is 0.0611. The van der Waals surface area contributed by atoms with Crippen molar-refractivity contribution < 1.29 is 9.59 Å². The lowest BCUT2D eigenvalue weighted by Crippen LogP contribution is -2.63. The van der Waals surface area contributed by atoms with Crippen LogP contribution in [0.1, 0.15) is 57.9 Å². The van der Waals surface area contributed by atoms with Gasteiger partial charge in [0.2, 0.25) is 0 Å². The predicted molar refractivity (Wildman–Crippen MR) is 95.2 cm³/mol. The normalized spacial score (nSPS) is 28.2. The lowest BCUT2D eigenvalue weighted by atomic mass is 9.56. The Morgan fingerprint density at radius 1 is 0.958 bits per heavy atom. The molecule has 1 saturated carbocycles. The average molecular weight is 325 g/mol. The highest BCUT2D eigenvalue weighted by Gasteiger charge is 2.59. The molecule has 2 aliphatic heterocycles. The van der Waals surface area contributed by atoms with Gasteiger partial charge in [0.1, 0.15) is 17.0 Å². The van der Waals surface area contributed by atoms with E-state index >= 15 is 0 Å². The highest BCUT2D eigenvalue weighted by molar-refractivity contribution is 6.11. The summed E-state index contributed by atoms with van der Waals surface area (Å²) in [7, 11) is 0. The van der Waals surface area contributed by atoms with E-state index < -0.39 is 5.41 Å². The first-order valence-electron chi connectivity index (χ1n) is 9.35. The Balaban J connectivity index is 1.86. The van der Waals surface area contributed by atoms with Gasteiger partial charge in [0.15, 0.2) is 0 Å². The molecule has 3 nitrogen and oxygen atoms in total. The third-order valence-electron chi connectivity index (χ3n) is 6.37. The first-order chi connectivity index (χ1) is 11.4. The molecular weight excluding hydrogens is 298 g/mol. The number of carbonyl (C=O) groups excluding carboxylic acids is 2. The zero-order valence-corrected chi connectivity index (χ0v) is 14.8. The molecule has 0 N–H and O–H groups in total. The number of fused-ring (bicyclic) bond motifs is 4. The number of para-hydroxylation sites is 1. The Morgan fingerprint density at radius 3 is 2.42 bits per heavy atom. The fraction of sp³-hybridized carbons (Fsp3) is 0.619. The average Bonchev–Trinajstić information content (AvgIpc) is 2.78. The van der Waals surface area contributed by atoms with Gasteiger partial charge in [0.25, 0.3) is 0 Å². The molecule has 2 fully saturated rings. The van der Waals surface area contributed by atoms with Crippen LogP contribution >= 0.6 is 0 Å². The molecule has 3 aliphatic rings. The quantitative estimate of drug-likeness (QED) is 0.678. The fourth-order valence-corrected chi connectivity index (χ4v) is 5.24. The molecule has 4 rings (SSSR count). The first kappa shape index (κ1) is 15.9. The molecule has 1 aliphatic carbocycles. The number of carbonyl (C=O) groups is 2. The van der Waals surface area contributed by atoms with Gasteiger partial charge >= 0.3 is 0 Å². The van der Waals surface area contributed by atoms with Gasteiger partial charge in [0, 0.05) is 31.1 Å². The van der Waals surface area contributed by atoms with Crippen molar-refractivity contribution in [1.29, 1.82) is 0 Å². The highest BCUT2D eigenvalue weighted by Crippen LogP contribution is 2.51. The third kappa shape index (κ3) is 2.24. The van der Waals surface area contributed by atoms with Gasteiger partial charge in [-0.3, -0.25) is 9.59 Å². The molecule has 24 heavy (non-hydrogen) atoms. The zero-order chi connectivity index (χ0) is 16.9. The molecule has 2 heterocycles. The maximum Gasteiger partial charge on any atom is 0.149 e. The summed E-state index contributed by atoms with van der Waals surface area (Å²) in [5, 5.41) is 0. The molecular formula is C21H27NO2. The molecule has 1 aromatic carbocycles. The summed E-state index contributed by atoms with van der Waals surface area (Å²) in [6.45, 7) is 5.07. The van der Waals surface area contributed by atoms with E-state index in [9.17, 15) is 9.59 Å². The van der Waals surface area contributed by atoms with Crippen LogP contribution in [0.5, 0.6) is 0 Å². The number of nitrogens with zero attached hydrogens (tertiary/aromatic N) is 1. The monoisotopic (exact) mass is 325 g/mol. The summed E-state index contributed by atoms with van der Waals surface area (Å²) >= 11 is 0. The highest BCUT2D eigenvalue weighted by atomic mass is 16.2. The van der Waals surface area contributed by atoms with Crippen molar-refractivity contribution in [3.05, 3.63) is 29.8 Å². The third-order valence-corrected chi connectivity index (χ3v) is 6.37. The van der Waals surface area contributed by atoms with E-state index in [1.165, 1.54) is 17.7 Å². The number of anilines is 1. The molecule has 128 valence electrons. The SMILES string of the molecule is CC1(C)CC(=O)C2(Cc3ccccc3N3CCCCC[C@@H]32)C(=O)C1.